The van der Waals surface area contributed by atoms with Gasteiger partial charge in [-0.2, -0.15) is 0 Å². The molecule has 0 aromatic heterocycles. The first-order chi connectivity index (χ1) is 10.0. The summed E-state index contributed by atoms with van der Waals surface area (Å²) in [6.45, 7) is 0.179. The number of benzene rings is 1. The molecule has 2 rings (SSSR count). The number of hydrogen-bond acceptors (Lipinski definition) is 4. The first kappa shape index (κ1) is 14.8. The number of carbonyl (C=O) groups excluding carboxylic acids is 3. The Morgan fingerprint density at radius 1 is 1.33 bits per heavy atom. The molecule has 1 atom stereocenters. The summed E-state index contributed by atoms with van der Waals surface area (Å²) < 4.78 is 5.12. The van der Waals surface area contributed by atoms with Gasteiger partial charge in [-0.3, -0.25) is 14.4 Å². The lowest BCUT2D eigenvalue weighted by molar-refractivity contribution is -0.126. The van der Waals surface area contributed by atoms with Gasteiger partial charge in [0.05, 0.1) is 5.92 Å². The van der Waals surface area contributed by atoms with Crippen molar-refractivity contribution in [3.8, 4) is 5.75 Å². The lowest BCUT2D eigenvalue weighted by Crippen LogP contribution is -2.40. The van der Waals surface area contributed by atoms with Crippen molar-refractivity contribution >= 4 is 23.4 Å². The normalized spacial score (nSPS) is 17.7. The van der Waals surface area contributed by atoms with Gasteiger partial charge in [-0.15, -0.1) is 0 Å². The summed E-state index contributed by atoms with van der Waals surface area (Å²) in [4.78, 5) is 33.7. The van der Waals surface area contributed by atoms with E-state index in [2.05, 4.69) is 10.6 Å². The second-order valence-corrected chi connectivity index (χ2v) is 4.81. The molecule has 1 saturated heterocycles. The van der Waals surface area contributed by atoms with E-state index in [1.807, 2.05) is 0 Å². The van der Waals surface area contributed by atoms with Crippen LogP contribution < -0.4 is 21.1 Å². The molecular weight excluding hydrogens is 274 g/mol. The molecule has 0 saturated carbocycles. The zero-order valence-electron chi connectivity index (χ0n) is 11.4. The number of amides is 3. The monoisotopic (exact) mass is 291 g/mol. The van der Waals surface area contributed by atoms with Gasteiger partial charge in [-0.25, -0.2) is 0 Å². The van der Waals surface area contributed by atoms with E-state index in [9.17, 15) is 14.4 Å². The maximum absolute atomic E-state index is 12.0. The van der Waals surface area contributed by atoms with Gasteiger partial charge >= 0.3 is 0 Å². The molecule has 3 amide bonds. The third-order valence-electron chi connectivity index (χ3n) is 3.14. The summed E-state index contributed by atoms with van der Waals surface area (Å²) in [6.07, 6.45) is 0.926. The van der Waals surface area contributed by atoms with Crippen LogP contribution in [0, 0.1) is 5.92 Å². The highest BCUT2D eigenvalue weighted by Crippen LogP contribution is 2.18. The largest absolute Gasteiger partial charge is 0.484 e. The molecule has 1 fully saturated rings. The highest BCUT2D eigenvalue weighted by atomic mass is 16.5. The van der Waals surface area contributed by atoms with E-state index in [0.717, 1.165) is 0 Å². The van der Waals surface area contributed by atoms with E-state index < -0.39 is 5.91 Å². The molecule has 1 aliphatic rings. The second-order valence-electron chi connectivity index (χ2n) is 4.81. The Morgan fingerprint density at radius 2 is 2.05 bits per heavy atom. The van der Waals surface area contributed by atoms with Gasteiger partial charge in [0.2, 0.25) is 11.8 Å². The molecule has 0 aliphatic carbocycles. The molecule has 4 N–H and O–H groups in total. The van der Waals surface area contributed by atoms with Crippen LogP contribution in [0.4, 0.5) is 5.69 Å². The molecular formula is C14H17N3O4. The number of anilines is 1. The standard InChI is InChI=1S/C14H17N3O4/c15-12(18)8-21-11-4-2-10(3-5-11)17-14(20)9-1-6-13(19)16-7-9/h2-5,9H,1,6-8H2,(H2,15,18)(H,16,19)(H,17,20). The van der Waals surface area contributed by atoms with E-state index in [-0.39, 0.29) is 24.3 Å². The maximum Gasteiger partial charge on any atom is 0.255 e. The van der Waals surface area contributed by atoms with Crippen molar-refractivity contribution in [2.75, 3.05) is 18.5 Å². The zero-order valence-corrected chi connectivity index (χ0v) is 11.4. The van der Waals surface area contributed by atoms with Crippen molar-refractivity contribution < 1.29 is 19.1 Å². The zero-order chi connectivity index (χ0) is 15.2. The van der Waals surface area contributed by atoms with E-state index >= 15 is 0 Å². The molecule has 1 aliphatic heterocycles. The third kappa shape index (κ3) is 4.48. The number of rotatable bonds is 5. The topological polar surface area (TPSA) is 111 Å². The van der Waals surface area contributed by atoms with Crippen LogP contribution >= 0.6 is 0 Å². The first-order valence-corrected chi connectivity index (χ1v) is 6.63. The van der Waals surface area contributed by atoms with E-state index in [0.29, 0.717) is 30.8 Å². The Bertz CT molecular complexity index is 532. The highest BCUT2D eigenvalue weighted by molar-refractivity contribution is 5.94. The van der Waals surface area contributed by atoms with Crippen molar-refractivity contribution in [3.63, 3.8) is 0 Å². The van der Waals surface area contributed by atoms with Crippen LogP contribution in [0.3, 0.4) is 0 Å². The fourth-order valence-corrected chi connectivity index (χ4v) is 1.99. The van der Waals surface area contributed by atoms with Gasteiger partial charge in [0.25, 0.3) is 5.91 Å². The number of carbonyl (C=O) groups is 3. The smallest absolute Gasteiger partial charge is 0.255 e. The van der Waals surface area contributed by atoms with Gasteiger partial charge in [-0.05, 0) is 30.7 Å². The summed E-state index contributed by atoms with van der Waals surface area (Å²) in [7, 11) is 0. The molecule has 21 heavy (non-hydrogen) atoms. The minimum absolute atomic E-state index is 0.0185. The SMILES string of the molecule is NC(=O)COc1ccc(NC(=O)C2CCC(=O)NC2)cc1. The fourth-order valence-electron chi connectivity index (χ4n) is 1.99. The van der Waals surface area contributed by atoms with E-state index in [4.69, 9.17) is 10.5 Å². The predicted molar refractivity (Wildman–Crippen MR) is 75.5 cm³/mol. The summed E-state index contributed by atoms with van der Waals surface area (Å²) in [6, 6.07) is 6.63. The lowest BCUT2D eigenvalue weighted by Gasteiger charge is -2.21. The van der Waals surface area contributed by atoms with Crippen LogP contribution in [-0.2, 0) is 14.4 Å². The number of nitrogens with two attached hydrogens (primary N) is 1. The van der Waals surface area contributed by atoms with Gasteiger partial charge in [0, 0.05) is 18.7 Å². The summed E-state index contributed by atoms with van der Waals surface area (Å²) in [5.74, 6) is -0.409. The quantitative estimate of drug-likeness (QED) is 0.710. The van der Waals surface area contributed by atoms with Crippen LogP contribution in [0.25, 0.3) is 0 Å². The molecule has 0 spiro atoms. The Kier molecular flexibility index (Phi) is 4.76. The highest BCUT2D eigenvalue weighted by Gasteiger charge is 2.24. The van der Waals surface area contributed by atoms with Crippen LogP contribution in [0.2, 0.25) is 0 Å². The van der Waals surface area contributed by atoms with Gasteiger partial charge in [0.1, 0.15) is 5.75 Å². The summed E-state index contributed by atoms with van der Waals surface area (Å²) in [5, 5.41) is 5.45. The Labute approximate surface area is 121 Å². The van der Waals surface area contributed by atoms with Crippen molar-refractivity contribution in [2.45, 2.75) is 12.8 Å². The van der Waals surface area contributed by atoms with Crippen LogP contribution in [0.1, 0.15) is 12.8 Å². The van der Waals surface area contributed by atoms with Crippen LogP contribution in [0.5, 0.6) is 5.75 Å². The minimum atomic E-state index is -0.549. The molecule has 7 nitrogen and oxygen atoms in total. The number of piperidine rings is 1. The minimum Gasteiger partial charge on any atom is -0.484 e. The Hall–Kier alpha value is -2.57. The Balaban J connectivity index is 1.86. The van der Waals surface area contributed by atoms with Crippen LogP contribution in [0.15, 0.2) is 24.3 Å². The van der Waals surface area contributed by atoms with Gasteiger partial charge in [0.15, 0.2) is 6.61 Å². The van der Waals surface area contributed by atoms with Crippen molar-refractivity contribution in [1.29, 1.82) is 0 Å². The van der Waals surface area contributed by atoms with E-state index in [1.165, 1.54) is 0 Å². The molecule has 1 aromatic rings. The molecule has 0 bridgehead atoms. The van der Waals surface area contributed by atoms with Crippen molar-refractivity contribution in [3.05, 3.63) is 24.3 Å². The molecule has 1 heterocycles. The third-order valence-corrected chi connectivity index (χ3v) is 3.14. The number of hydrogen-bond donors (Lipinski definition) is 3. The molecule has 1 unspecified atom stereocenters. The molecule has 112 valence electrons. The van der Waals surface area contributed by atoms with Crippen molar-refractivity contribution in [1.82, 2.24) is 5.32 Å². The van der Waals surface area contributed by atoms with Gasteiger partial charge < -0.3 is 21.1 Å². The summed E-state index contributed by atoms with van der Waals surface area (Å²) >= 11 is 0. The molecule has 7 heteroatoms. The Morgan fingerprint density at radius 3 is 2.62 bits per heavy atom. The van der Waals surface area contributed by atoms with Crippen LogP contribution in [-0.4, -0.2) is 30.9 Å². The number of primary amides is 1. The predicted octanol–water partition coefficient (Wildman–Crippen LogP) is 0.0154. The maximum atomic E-state index is 12.0. The fraction of sp³-hybridized carbons (Fsp3) is 0.357. The van der Waals surface area contributed by atoms with E-state index in [1.54, 1.807) is 24.3 Å². The van der Waals surface area contributed by atoms with Gasteiger partial charge in [-0.1, -0.05) is 0 Å². The molecule has 0 radical (unpaired) electrons. The average Bonchev–Trinajstić information content (AvgIpc) is 2.47. The lowest BCUT2D eigenvalue weighted by atomic mass is 9.98. The average molecular weight is 291 g/mol. The summed E-state index contributed by atoms with van der Waals surface area (Å²) in [5.41, 5.74) is 5.61. The molecule has 1 aromatic carbocycles. The number of ether oxygens (including phenoxy) is 1. The van der Waals surface area contributed by atoms with Crippen molar-refractivity contribution in [2.24, 2.45) is 11.7 Å². The first-order valence-electron chi connectivity index (χ1n) is 6.63. The number of nitrogens with one attached hydrogen (secondary N) is 2. The second kappa shape index (κ2) is 6.74.